The second kappa shape index (κ2) is 6.64. The molecule has 1 unspecified atom stereocenters. The molecule has 0 aliphatic carbocycles. The van der Waals surface area contributed by atoms with Crippen LogP contribution < -0.4 is 0 Å². The van der Waals surface area contributed by atoms with E-state index in [9.17, 15) is 9.59 Å². The van der Waals surface area contributed by atoms with Gasteiger partial charge in [-0.05, 0) is 31.5 Å². The Morgan fingerprint density at radius 1 is 1.36 bits per heavy atom. The first-order chi connectivity index (χ1) is 13.3. The first-order valence-corrected chi connectivity index (χ1v) is 13.0. The van der Waals surface area contributed by atoms with Crippen LogP contribution in [0.4, 0.5) is 0 Å². The zero-order valence-electron chi connectivity index (χ0n) is 16.6. The van der Waals surface area contributed by atoms with Gasteiger partial charge in [0, 0.05) is 12.1 Å². The molecule has 2 aromatic rings. The zero-order valence-corrected chi connectivity index (χ0v) is 17.6. The van der Waals surface area contributed by atoms with Crippen molar-refractivity contribution in [2.24, 2.45) is 0 Å². The molecule has 1 fully saturated rings. The third kappa shape index (κ3) is 3.04. The minimum absolute atomic E-state index is 0.0265. The molecule has 1 atom stereocenters. The van der Waals surface area contributed by atoms with Crippen LogP contribution in [0.2, 0.25) is 19.6 Å². The molecule has 6 nitrogen and oxygen atoms in total. The summed E-state index contributed by atoms with van der Waals surface area (Å²) in [4.78, 5) is 31.7. The van der Waals surface area contributed by atoms with Crippen LogP contribution in [-0.4, -0.2) is 47.6 Å². The molecule has 1 amide bonds. The maximum atomic E-state index is 13.2. The summed E-state index contributed by atoms with van der Waals surface area (Å²) < 4.78 is 7.03. The van der Waals surface area contributed by atoms with E-state index < -0.39 is 14.0 Å². The van der Waals surface area contributed by atoms with Gasteiger partial charge in [0.25, 0.3) is 5.91 Å². The van der Waals surface area contributed by atoms with Crippen LogP contribution >= 0.6 is 0 Å². The highest BCUT2D eigenvalue weighted by Crippen LogP contribution is 2.41. The van der Waals surface area contributed by atoms with Gasteiger partial charge >= 0.3 is 5.97 Å². The molecule has 4 rings (SSSR count). The Kier molecular flexibility index (Phi) is 4.39. The van der Waals surface area contributed by atoms with Gasteiger partial charge < -0.3 is 9.64 Å². The van der Waals surface area contributed by atoms with Gasteiger partial charge in [-0.1, -0.05) is 25.6 Å². The number of fused-ring (bicyclic) bond motifs is 5. The standard InChI is InChI=1S/C21H23N3O3Si/c1-5-27-21(26)18-19-17-8-10-23(17)20(25)15-12-14(9-11-28(2,3)4)6-7-16(15)24(19)13-22-18/h6-7,12-13,17H,5,8,10H2,1-4H3. The largest absolute Gasteiger partial charge is 0.461 e. The maximum absolute atomic E-state index is 13.2. The third-order valence-corrected chi connectivity index (χ3v) is 5.81. The number of amides is 1. The molecule has 2 aliphatic heterocycles. The van der Waals surface area contributed by atoms with Crippen LogP contribution in [0.25, 0.3) is 5.69 Å². The first kappa shape index (κ1) is 18.5. The number of carbonyl (C=O) groups is 2. The molecule has 0 bridgehead atoms. The average molecular weight is 394 g/mol. The predicted molar refractivity (Wildman–Crippen MR) is 108 cm³/mol. The molecule has 0 spiro atoms. The van der Waals surface area contributed by atoms with Gasteiger partial charge in [-0.2, -0.15) is 0 Å². The summed E-state index contributed by atoms with van der Waals surface area (Å²) in [6.45, 7) is 9.29. The Bertz CT molecular complexity index is 1040. The topological polar surface area (TPSA) is 64.4 Å². The van der Waals surface area contributed by atoms with Crippen molar-refractivity contribution in [1.82, 2.24) is 14.5 Å². The number of esters is 1. The Hall–Kier alpha value is -2.85. The number of aromatic nitrogens is 2. The molecule has 1 aromatic carbocycles. The summed E-state index contributed by atoms with van der Waals surface area (Å²) in [6.07, 6.45) is 2.42. The molecule has 0 saturated carbocycles. The fourth-order valence-electron chi connectivity index (χ4n) is 3.55. The number of nitrogens with zero attached hydrogens (tertiary/aromatic N) is 3. The molecule has 0 N–H and O–H groups in total. The van der Waals surface area contributed by atoms with Gasteiger partial charge in [0.2, 0.25) is 0 Å². The fourth-order valence-corrected chi connectivity index (χ4v) is 4.07. The lowest BCUT2D eigenvalue weighted by atomic mass is 9.97. The lowest BCUT2D eigenvalue weighted by Gasteiger charge is -2.39. The highest BCUT2D eigenvalue weighted by Gasteiger charge is 2.42. The van der Waals surface area contributed by atoms with E-state index in [0.29, 0.717) is 17.8 Å². The highest BCUT2D eigenvalue weighted by atomic mass is 28.3. The van der Waals surface area contributed by atoms with Gasteiger partial charge in [0.1, 0.15) is 14.4 Å². The molecule has 28 heavy (non-hydrogen) atoms. The number of imidazole rings is 1. The SMILES string of the molecule is CCOC(=O)c1ncn2c1C1CCN1C(=O)c1cc(C#C[Si](C)(C)C)ccc1-2. The summed E-state index contributed by atoms with van der Waals surface area (Å²) >= 11 is 0. The lowest BCUT2D eigenvalue weighted by Crippen LogP contribution is -2.45. The number of carbonyl (C=O) groups excluding carboxylic acids is 2. The van der Waals surface area contributed by atoms with Crippen molar-refractivity contribution in [1.29, 1.82) is 0 Å². The van der Waals surface area contributed by atoms with Gasteiger partial charge in [0.05, 0.1) is 29.6 Å². The molecular formula is C21H23N3O3Si. The number of rotatable bonds is 2. The van der Waals surface area contributed by atoms with Crippen LogP contribution in [0.3, 0.4) is 0 Å². The minimum atomic E-state index is -1.51. The normalized spacial score (nSPS) is 17.4. The van der Waals surface area contributed by atoms with Crippen molar-refractivity contribution >= 4 is 20.0 Å². The van der Waals surface area contributed by atoms with E-state index in [1.54, 1.807) is 18.2 Å². The van der Waals surface area contributed by atoms with E-state index >= 15 is 0 Å². The monoisotopic (exact) mass is 393 g/mol. The fraction of sp³-hybridized carbons (Fsp3) is 0.381. The van der Waals surface area contributed by atoms with Crippen molar-refractivity contribution in [3.63, 3.8) is 0 Å². The number of ether oxygens (including phenoxy) is 1. The van der Waals surface area contributed by atoms with Crippen LogP contribution in [-0.2, 0) is 4.74 Å². The van der Waals surface area contributed by atoms with Crippen molar-refractivity contribution in [2.45, 2.75) is 39.0 Å². The predicted octanol–water partition coefficient (Wildman–Crippen LogP) is 3.18. The Morgan fingerprint density at radius 3 is 2.79 bits per heavy atom. The Morgan fingerprint density at radius 2 is 2.14 bits per heavy atom. The molecule has 2 aliphatic rings. The summed E-state index contributed by atoms with van der Waals surface area (Å²) in [5, 5.41) is 0. The van der Waals surface area contributed by atoms with Crippen molar-refractivity contribution < 1.29 is 14.3 Å². The van der Waals surface area contributed by atoms with Gasteiger partial charge in [-0.3, -0.25) is 9.36 Å². The van der Waals surface area contributed by atoms with Crippen LogP contribution in [0.5, 0.6) is 0 Å². The lowest BCUT2D eigenvalue weighted by molar-refractivity contribution is 0.0428. The summed E-state index contributed by atoms with van der Waals surface area (Å²) in [5.41, 5.74) is 6.53. The number of hydrogen-bond acceptors (Lipinski definition) is 4. The zero-order chi connectivity index (χ0) is 20.1. The number of benzene rings is 1. The molecule has 3 heterocycles. The van der Waals surface area contributed by atoms with Gasteiger partial charge in [-0.15, -0.1) is 5.54 Å². The van der Waals surface area contributed by atoms with Crippen LogP contribution in [0.15, 0.2) is 24.5 Å². The minimum Gasteiger partial charge on any atom is -0.461 e. The quantitative estimate of drug-likeness (QED) is 0.447. The van der Waals surface area contributed by atoms with Gasteiger partial charge in [-0.25, -0.2) is 9.78 Å². The van der Waals surface area contributed by atoms with Crippen molar-refractivity contribution in [3.8, 4) is 17.2 Å². The highest BCUT2D eigenvalue weighted by molar-refractivity contribution is 6.83. The van der Waals surface area contributed by atoms with E-state index in [1.165, 1.54) is 0 Å². The van der Waals surface area contributed by atoms with Gasteiger partial charge in [0.15, 0.2) is 5.69 Å². The van der Waals surface area contributed by atoms with E-state index in [0.717, 1.165) is 23.4 Å². The summed E-state index contributed by atoms with van der Waals surface area (Å²) in [7, 11) is -1.51. The Labute approximate surface area is 165 Å². The molecule has 144 valence electrons. The van der Waals surface area contributed by atoms with Crippen molar-refractivity contribution in [3.05, 3.63) is 47.0 Å². The smallest absolute Gasteiger partial charge is 0.358 e. The first-order valence-electron chi connectivity index (χ1n) is 9.53. The summed E-state index contributed by atoms with van der Waals surface area (Å²) in [6, 6.07) is 5.53. The van der Waals surface area contributed by atoms with E-state index in [4.69, 9.17) is 4.74 Å². The molecule has 1 saturated heterocycles. The molecule has 7 heteroatoms. The summed E-state index contributed by atoms with van der Waals surface area (Å²) in [5.74, 6) is 2.75. The average Bonchev–Trinajstić information content (AvgIpc) is 3.00. The van der Waals surface area contributed by atoms with E-state index in [-0.39, 0.29) is 18.6 Å². The molecular weight excluding hydrogens is 370 g/mol. The number of hydrogen-bond donors (Lipinski definition) is 0. The molecule has 1 aromatic heterocycles. The second-order valence-electron chi connectivity index (χ2n) is 8.10. The van der Waals surface area contributed by atoms with E-state index in [2.05, 4.69) is 36.1 Å². The molecule has 0 radical (unpaired) electrons. The van der Waals surface area contributed by atoms with Crippen LogP contribution in [0, 0.1) is 11.5 Å². The van der Waals surface area contributed by atoms with E-state index in [1.807, 2.05) is 22.8 Å². The maximum Gasteiger partial charge on any atom is 0.358 e. The Balaban J connectivity index is 1.85. The third-order valence-electron chi connectivity index (χ3n) is 4.94. The van der Waals surface area contributed by atoms with Crippen molar-refractivity contribution in [2.75, 3.05) is 13.2 Å². The second-order valence-corrected chi connectivity index (χ2v) is 12.9. The van der Waals surface area contributed by atoms with Crippen LogP contribution in [0.1, 0.15) is 51.5 Å².